The van der Waals surface area contributed by atoms with Crippen LogP contribution in [0.4, 0.5) is 0 Å². The van der Waals surface area contributed by atoms with Gasteiger partial charge in [0.25, 0.3) is 0 Å². The van der Waals surface area contributed by atoms with Crippen molar-refractivity contribution in [1.82, 2.24) is 25.1 Å². The topological polar surface area (TPSA) is 81.9 Å². The molecule has 0 bridgehead atoms. The molecule has 8 heteroatoms. The Morgan fingerprint density at radius 2 is 1.76 bits per heavy atom. The third kappa shape index (κ3) is 5.63. The summed E-state index contributed by atoms with van der Waals surface area (Å²) in [7, 11) is 1.64. The molecule has 0 saturated heterocycles. The number of pyridine rings is 1. The Balaban J connectivity index is 1.49. The number of methoxy groups -OCH3 is 1. The maximum Gasteiger partial charge on any atom is 0.230 e. The smallest absolute Gasteiger partial charge is 0.230 e. The van der Waals surface area contributed by atoms with E-state index in [1.54, 1.807) is 19.5 Å². The van der Waals surface area contributed by atoms with E-state index in [0.717, 1.165) is 23.4 Å². The Bertz CT molecular complexity index is 1200. The van der Waals surface area contributed by atoms with Crippen LogP contribution in [0.2, 0.25) is 0 Å². The van der Waals surface area contributed by atoms with Crippen molar-refractivity contribution in [3.05, 3.63) is 84.7 Å². The predicted octanol–water partition coefficient (Wildman–Crippen LogP) is 4.74. The highest BCUT2D eigenvalue weighted by molar-refractivity contribution is 7.99. The number of carbonyl (C=O) groups is 1. The van der Waals surface area contributed by atoms with Gasteiger partial charge in [0, 0.05) is 36.1 Å². The molecule has 0 aliphatic carbocycles. The van der Waals surface area contributed by atoms with Gasteiger partial charge in [0.15, 0.2) is 11.0 Å². The highest BCUT2D eigenvalue weighted by atomic mass is 32.2. The van der Waals surface area contributed by atoms with Crippen LogP contribution in [0.25, 0.3) is 17.1 Å². The maximum atomic E-state index is 12.7. The molecule has 2 aromatic heterocycles. The summed E-state index contributed by atoms with van der Waals surface area (Å²) >= 11 is 1.36. The molecule has 0 radical (unpaired) electrons. The van der Waals surface area contributed by atoms with Gasteiger partial charge in [0.2, 0.25) is 5.91 Å². The molecule has 1 unspecified atom stereocenters. The van der Waals surface area contributed by atoms with Crippen molar-refractivity contribution < 1.29 is 9.53 Å². The number of carbonyl (C=O) groups excluding carboxylic acids is 1. The summed E-state index contributed by atoms with van der Waals surface area (Å²) in [5.74, 6) is 1.95. The molecule has 0 spiro atoms. The zero-order valence-corrected chi connectivity index (χ0v) is 20.0. The fourth-order valence-corrected chi connectivity index (χ4v) is 4.44. The molecular formula is C26H27N5O2S. The van der Waals surface area contributed by atoms with Crippen molar-refractivity contribution in [1.29, 1.82) is 0 Å². The zero-order valence-electron chi connectivity index (χ0n) is 19.2. The summed E-state index contributed by atoms with van der Waals surface area (Å²) in [6.45, 7) is 2.74. The zero-order chi connectivity index (χ0) is 23.8. The number of hydrogen-bond donors (Lipinski definition) is 1. The lowest BCUT2D eigenvalue weighted by molar-refractivity contribution is -0.118. The lowest BCUT2D eigenvalue weighted by Crippen LogP contribution is -2.29. The normalized spacial score (nSPS) is 11.7. The number of nitrogens with one attached hydrogen (secondary N) is 1. The van der Waals surface area contributed by atoms with Gasteiger partial charge in [-0.2, -0.15) is 0 Å². The number of benzene rings is 2. The molecule has 1 N–H and O–H groups in total. The molecule has 0 fully saturated rings. The second kappa shape index (κ2) is 11.5. The standard InChI is InChI=1S/C26H27N5O2S/c1-3-19(20-7-5-4-6-8-20)17-28-24(32)18-34-26-30-29-25(21-13-15-27-16-14-21)31(26)22-9-11-23(33-2)12-10-22/h4-16,19H,3,17-18H2,1-2H3,(H,28,32). The van der Waals surface area contributed by atoms with E-state index in [-0.39, 0.29) is 17.6 Å². The first-order valence-corrected chi connectivity index (χ1v) is 12.1. The van der Waals surface area contributed by atoms with Gasteiger partial charge in [-0.3, -0.25) is 14.3 Å². The Labute approximate surface area is 203 Å². The molecule has 0 aliphatic heterocycles. The lowest BCUT2D eigenvalue weighted by atomic mass is 9.96. The number of ether oxygens (including phenoxy) is 1. The first kappa shape index (κ1) is 23.5. The molecule has 0 saturated carbocycles. The quantitative estimate of drug-likeness (QED) is 0.335. The van der Waals surface area contributed by atoms with Crippen LogP contribution in [0.3, 0.4) is 0 Å². The summed E-state index contributed by atoms with van der Waals surface area (Å²) in [6.07, 6.45) is 4.40. The molecular weight excluding hydrogens is 446 g/mol. The van der Waals surface area contributed by atoms with Crippen molar-refractivity contribution in [2.75, 3.05) is 19.4 Å². The third-order valence-corrected chi connectivity index (χ3v) is 6.47. The van der Waals surface area contributed by atoms with Gasteiger partial charge >= 0.3 is 0 Å². The van der Waals surface area contributed by atoms with Gasteiger partial charge in [-0.05, 0) is 48.4 Å². The van der Waals surface area contributed by atoms with E-state index in [1.807, 2.05) is 59.2 Å². The second-order valence-corrected chi connectivity index (χ2v) is 8.63. The van der Waals surface area contributed by atoms with Crippen LogP contribution in [0.5, 0.6) is 5.75 Å². The fraction of sp³-hybridized carbons (Fsp3) is 0.231. The predicted molar refractivity (Wildman–Crippen MR) is 134 cm³/mol. The largest absolute Gasteiger partial charge is 0.497 e. The average molecular weight is 474 g/mol. The average Bonchev–Trinajstić information content (AvgIpc) is 3.33. The monoisotopic (exact) mass is 473 g/mol. The Morgan fingerprint density at radius 3 is 2.44 bits per heavy atom. The minimum atomic E-state index is -0.0332. The summed E-state index contributed by atoms with van der Waals surface area (Å²) in [5, 5.41) is 12.5. The van der Waals surface area contributed by atoms with Crippen LogP contribution < -0.4 is 10.1 Å². The van der Waals surface area contributed by atoms with Crippen LogP contribution in [0.15, 0.2) is 84.3 Å². The molecule has 4 rings (SSSR count). The Hall–Kier alpha value is -3.65. The van der Waals surface area contributed by atoms with Crippen molar-refractivity contribution in [3.8, 4) is 22.8 Å². The number of nitrogens with zero attached hydrogens (tertiary/aromatic N) is 4. The molecule has 174 valence electrons. The number of hydrogen-bond acceptors (Lipinski definition) is 6. The lowest BCUT2D eigenvalue weighted by Gasteiger charge is -2.16. The fourth-order valence-electron chi connectivity index (χ4n) is 3.66. The van der Waals surface area contributed by atoms with Gasteiger partial charge in [-0.25, -0.2) is 0 Å². The SMILES string of the molecule is CCC(CNC(=O)CSc1nnc(-c2ccncc2)n1-c1ccc(OC)cc1)c1ccccc1. The summed E-state index contributed by atoms with van der Waals surface area (Å²) in [5.41, 5.74) is 3.01. The minimum absolute atomic E-state index is 0.0332. The highest BCUT2D eigenvalue weighted by Crippen LogP contribution is 2.28. The van der Waals surface area contributed by atoms with Crippen molar-refractivity contribution in [2.45, 2.75) is 24.4 Å². The maximum absolute atomic E-state index is 12.7. The van der Waals surface area contributed by atoms with Crippen molar-refractivity contribution in [3.63, 3.8) is 0 Å². The van der Waals surface area contributed by atoms with Gasteiger partial charge in [-0.1, -0.05) is 49.0 Å². The molecule has 2 heterocycles. The summed E-state index contributed by atoms with van der Waals surface area (Å²) < 4.78 is 7.24. The second-order valence-electron chi connectivity index (χ2n) is 7.68. The minimum Gasteiger partial charge on any atom is -0.497 e. The van der Waals surface area contributed by atoms with E-state index in [9.17, 15) is 4.79 Å². The van der Waals surface area contributed by atoms with E-state index < -0.39 is 0 Å². The van der Waals surface area contributed by atoms with Crippen molar-refractivity contribution >= 4 is 17.7 Å². The van der Waals surface area contributed by atoms with E-state index in [2.05, 4.69) is 39.6 Å². The Kier molecular flexibility index (Phi) is 7.93. The molecule has 34 heavy (non-hydrogen) atoms. The summed E-state index contributed by atoms with van der Waals surface area (Å²) in [4.78, 5) is 16.8. The number of aromatic nitrogens is 4. The van der Waals surface area contributed by atoms with E-state index in [0.29, 0.717) is 17.5 Å². The first-order valence-electron chi connectivity index (χ1n) is 11.1. The van der Waals surface area contributed by atoms with Gasteiger partial charge < -0.3 is 10.1 Å². The van der Waals surface area contributed by atoms with Crippen LogP contribution in [0, 0.1) is 0 Å². The van der Waals surface area contributed by atoms with Gasteiger partial charge in [-0.15, -0.1) is 10.2 Å². The van der Waals surface area contributed by atoms with Crippen LogP contribution >= 0.6 is 11.8 Å². The molecule has 0 aliphatic rings. The van der Waals surface area contributed by atoms with E-state index in [4.69, 9.17) is 4.74 Å². The number of rotatable bonds is 10. The van der Waals surface area contributed by atoms with Crippen LogP contribution in [-0.4, -0.2) is 45.1 Å². The van der Waals surface area contributed by atoms with E-state index >= 15 is 0 Å². The highest BCUT2D eigenvalue weighted by Gasteiger charge is 2.18. The van der Waals surface area contributed by atoms with Crippen LogP contribution in [0.1, 0.15) is 24.8 Å². The molecule has 4 aromatic rings. The summed E-state index contributed by atoms with van der Waals surface area (Å²) in [6, 6.07) is 21.7. The van der Waals surface area contributed by atoms with Gasteiger partial charge in [0.05, 0.1) is 12.9 Å². The molecule has 1 amide bonds. The molecule has 7 nitrogen and oxygen atoms in total. The van der Waals surface area contributed by atoms with Crippen molar-refractivity contribution in [2.24, 2.45) is 0 Å². The molecule has 2 aromatic carbocycles. The Morgan fingerprint density at radius 1 is 1.03 bits per heavy atom. The molecule has 1 atom stereocenters. The number of amides is 1. The van der Waals surface area contributed by atoms with Gasteiger partial charge in [0.1, 0.15) is 5.75 Å². The number of thioether (sulfide) groups is 1. The van der Waals surface area contributed by atoms with Crippen LogP contribution in [-0.2, 0) is 4.79 Å². The van der Waals surface area contributed by atoms with E-state index in [1.165, 1.54) is 17.3 Å². The third-order valence-electron chi connectivity index (χ3n) is 5.54. The first-order chi connectivity index (χ1) is 16.7.